The molecule has 0 radical (unpaired) electrons. The number of halogens is 1. The van der Waals surface area contributed by atoms with Gasteiger partial charge in [0.1, 0.15) is 0 Å². The highest BCUT2D eigenvalue weighted by atomic mass is 35.5. The van der Waals surface area contributed by atoms with Crippen molar-refractivity contribution in [1.82, 2.24) is 0 Å². The van der Waals surface area contributed by atoms with E-state index in [0.29, 0.717) is 17.9 Å². The third-order valence-corrected chi connectivity index (χ3v) is 2.59. The molecule has 1 rings (SSSR count). The topological polar surface area (TPSA) is 37.3 Å². The van der Waals surface area contributed by atoms with E-state index < -0.39 is 5.97 Å². The lowest BCUT2D eigenvalue weighted by molar-refractivity contribution is -0.141. The molecule has 0 aliphatic carbocycles. The first-order chi connectivity index (χ1) is 6.61. The summed E-state index contributed by atoms with van der Waals surface area (Å²) in [4.78, 5) is 10.6. The Balaban J connectivity index is 2.54. The van der Waals surface area contributed by atoms with E-state index in [1.54, 1.807) is 6.92 Å². The maximum atomic E-state index is 10.6. The number of aliphatic carboxylic acids is 1. The van der Waals surface area contributed by atoms with E-state index in [9.17, 15) is 4.79 Å². The normalized spacial score (nSPS) is 12.4. The Hall–Kier alpha value is -1.02. The van der Waals surface area contributed by atoms with Crippen molar-refractivity contribution in [3.05, 3.63) is 34.9 Å². The van der Waals surface area contributed by atoms with Gasteiger partial charge in [0, 0.05) is 5.02 Å². The van der Waals surface area contributed by atoms with Gasteiger partial charge < -0.3 is 5.11 Å². The molecule has 0 saturated carbocycles. The summed E-state index contributed by atoms with van der Waals surface area (Å²) in [6.07, 6.45) is 1.34. The van der Waals surface area contributed by atoms with Crippen molar-refractivity contribution in [3.8, 4) is 0 Å². The monoisotopic (exact) mass is 212 g/mol. The van der Waals surface area contributed by atoms with Crippen molar-refractivity contribution in [2.45, 2.75) is 19.8 Å². The Morgan fingerprint density at radius 3 is 2.71 bits per heavy atom. The standard InChI is InChI=1S/C11H13ClO2/c1-8(11(13)14)6-7-9-4-2-3-5-10(9)12/h2-5,8H,6-7H2,1H3,(H,13,14). The van der Waals surface area contributed by atoms with Crippen LogP contribution >= 0.6 is 11.6 Å². The lowest BCUT2D eigenvalue weighted by atomic mass is 10.0. The SMILES string of the molecule is CC(CCc1ccccc1Cl)C(=O)O. The quantitative estimate of drug-likeness (QED) is 0.833. The molecule has 2 nitrogen and oxygen atoms in total. The zero-order chi connectivity index (χ0) is 10.6. The van der Waals surface area contributed by atoms with Gasteiger partial charge in [-0.1, -0.05) is 36.7 Å². The van der Waals surface area contributed by atoms with Gasteiger partial charge in [-0.25, -0.2) is 0 Å². The predicted octanol–water partition coefficient (Wildman–Crippen LogP) is 2.99. The van der Waals surface area contributed by atoms with E-state index in [2.05, 4.69) is 0 Å². The van der Waals surface area contributed by atoms with E-state index in [1.807, 2.05) is 24.3 Å². The summed E-state index contributed by atoms with van der Waals surface area (Å²) in [6, 6.07) is 7.53. The van der Waals surface area contributed by atoms with Crippen molar-refractivity contribution in [2.24, 2.45) is 5.92 Å². The lowest BCUT2D eigenvalue weighted by Crippen LogP contribution is -2.10. The van der Waals surface area contributed by atoms with E-state index in [4.69, 9.17) is 16.7 Å². The molecule has 0 heterocycles. The molecule has 76 valence electrons. The first-order valence-electron chi connectivity index (χ1n) is 4.57. The molecule has 0 aliphatic heterocycles. The van der Waals surface area contributed by atoms with Gasteiger partial charge in [-0.3, -0.25) is 4.79 Å². The minimum Gasteiger partial charge on any atom is -0.481 e. The van der Waals surface area contributed by atoms with Gasteiger partial charge in [0.15, 0.2) is 0 Å². The smallest absolute Gasteiger partial charge is 0.306 e. The second kappa shape index (κ2) is 5.01. The fraction of sp³-hybridized carbons (Fsp3) is 0.364. The highest BCUT2D eigenvalue weighted by Crippen LogP contribution is 2.18. The Labute approximate surface area is 88.5 Å². The summed E-state index contributed by atoms with van der Waals surface area (Å²) in [5.41, 5.74) is 1.02. The van der Waals surface area contributed by atoms with Crippen LogP contribution in [0.4, 0.5) is 0 Å². The molecule has 1 aromatic carbocycles. The number of carboxylic acids is 1. The molecule has 1 unspecified atom stereocenters. The second-order valence-corrected chi connectivity index (χ2v) is 3.78. The Kier molecular flexibility index (Phi) is 3.96. The van der Waals surface area contributed by atoms with E-state index in [1.165, 1.54) is 0 Å². The van der Waals surface area contributed by atoms with Crippen LogP contribution in [0.1, 0.15) is 18.9 Å². The average molecular weight is 213 g/mol. The third kappa shape index (κ3) is 3.04. The Morgan fingerprint density at radius 2 is 2.14 bits per heavy atom. The molecule has 0 aromatic heterocycles. The van der Waals surface area contributed by atoms with Gasteiger partial charge >= 0.3 is 5.97 Å². The number of carbonyl (C=O) groups is 1. The Morgan fingerprint density at radius 1 is 1.50 bits per heavy atom. The average Bonchev–Trinajstić information content (AvgIpc) is 2.16. The highest BCUT2D eigenvalue weighted by molar-refractivity contribution is 6.31. The maximum absolute atomic E-state index is 10.6. The molecule has 1 aromatic rings. The fourth-order valence-corrected chi connectivity index (χ4v) is 1.43. The van der Waals surface area contributed by atoms with Crippen LogP contribution < -0.4 is 0 Å². The second-order valence-electron chi connectivity index (χ2n) is 3.37. The largest absolute Gasteiger partial charge is 0.481 e. The van der Waals surface area contributed by atoms with Gasteiger partial charge in [0.05, 0.1) is 5.92 Å². The molecule has 0 amide bonds. The number of aryl methyl sites for hydroxylation is 1. The van der Waals surface area contributed by atoms with Crippen molar-refractivity contribution in [3.63, 3.8) is 0 Å². The van der Waals surface area contributed by atoms with Crippen molar-refractivity contribution in [2.75, 3.05) is 0 Å². The van der Waals surface area contributed by atoms with Gasteiger partial charge in [-0.05, 0) is 24.5 Å². The number of rotatable bonds is 4. The summed E-state index contributed by atoms with van der Waals surface area (Å²) < 4.78 is 0. The molecule has 0 bridgehead atoms. The highest BCUT2D eigenvalue weighted by Gasteiger charge is 2.11. The number of hydrogen-bond acceptors (Lipinski definition) is 1. The summed E-state index contributed by atoms with van der Waals surface area (Å²) in [6.45, 7) is 1.71. The van der Waals surface area contributed by atoms with E-state index in [-0.39, 0.29) is 5.92 Å². The molecule has 3 heteroatoms. The maximum Gasteiger partial charge on any atom is 0.306 e. The molecule has 0 fully saturated rings. The first kappa shape index (κ1) is 11.1. The van der Waals surface area contributed by atoms with E-state index in [0.717, 1.165) is 5.56 Å². The summed E-state index contributed by atoms with van der Waals surface area (Å²) in [5.74, 6) is -1.07. The van der Waals surface area contributed by atoms with Crippen LogP contribution in [0.3, 0.4) is 0 Å². The van der Waals surface area contributed by atoms with Gasteiger partial charge in [-0.15, -0.1) is 0 Å². The van der Waals surface area contributed by atoms with Crippen LogP contribution in [0.5, 0.6) is 0 Å². The predicted molar refractivity (Wildman–Crippen MR) is 56.6 cm³/mol. The third-order valence-electron chi connectivity index (χ3n) is 2.23. The zero-order valence-electron chi connectivity index (χ0n) is 8.03. The molecule has 1 N–H and O–H groups in total. The molecular weight excluding hydrogens is 200 g/mol. The fourth-order valence-electron chi connectivity index (χ4n) is 1.20. The van der Waals surface area contributed by atoms with Gasteiger partial charge in [0.2, 0.25) is 0 Å². The van der Waals surface area contributed by atoms with Crippen molar-refractivity contribution >= 4 is 17.6 Å². The van der Waals surface area contributed by atoms with Crippen LogP contribution in [0, 0.1) is 5.92 Å². The van der Waals surface area contributed by atoms with Crippen molar-refractivity contribution in [1.29, 1.82) is 0 Å². The summed E-state index contributed by atoms with van der Waals surface area (Å²) in [5, 5.41) is 9.41. The molecule has 0 spiro atoms. The van der Waals surface area contributed by atoms with Crippen LogP contribution in [-0.2, 0) is 11.2 Å². The van der Waals surface area contributed by atoms with Crippen LogP contribution in [0.15, 0.2) is 24.3 Å². The van der Waals surface area contributed by atoms with Gasteiger partial charge in [0.25, 0.3) is 0 Å². The summed E-state index contributed by atoms with van der Waals surface area (Å²) >= 11 is 5.94. The molecule has 1 atom stereocenters. The van der Waals surface area contributed by atoms with E-state index >= 15 is 0 Å². The zero-order valence-corrected chi connectivity index (χ0v) is 8.79. The molecule has 14 heavy (non-hydrogen) atoms. The molecular formula is C11H13ClO2. The lowest BCUT2D eigenvalue weighted by Gasteiger charge is -2.06. The number of hydrogen-bond donors (Lipinski definition) is 1. The minimum absolute atomic E-state index is 0.314. The number of carboxylic acid groups (broad SMARTS) is 1. The molecule has 0 aliphatic rings. The minimum atomic E-state index is -0.753. The van der Waals surface area contributed by atoms with Crippen LogP contribution in [0.25, 0.3) is 0 Å². The molecule has 0 saturated heterocycles. The van der Waals surface area contributed by atoms with Crippen molar-refractivity contribution < 1.29 is 9.90 Å². The van der Waals surface area contributed by atoms with Crippen LogP contribution in [0.2, 0.25) is 5.02 Å². The summed E-state index contributed by atoms with van der Waals surface area (Å²) in [7, 11) is 0. The van der Waals surface area contributed by atoms with Crippen LogP contribution in [-0.4, -0.2) is 11.1 Å². The van der Waals surface area contributed by atoms with Gasteiger partial charge in [-0.2, -0.15) is 0 Å². The first-order valence-corrected chi connectivity index (χ1v) is 4.95. The Bertz CT molecular complexity index is 323. The number of benzene rings is 1.